The van der Waals surface area contributed by atoms with Crippen LogP contribution in [-0.4, -0.2) is 48.1 Å². The Kier molecular flexibility index (Phi) is 7.69. The van der Waals surface area contributed by atoms with Gasteiger partial charge in [-0.15, -0.1) is 0 Å². The van der Waals surface area contributed by atoms with E-state index in [1.54, 1.807) is 12.1 Å². The molecule has 1 N–H and O–H groups in total. The summed E-state index contributed by atoms with van der Waals surface area (Å²) in [6.45, 7) is 6.60. The van der Waals surface area contributed by atoms with Crippen LogP contribution in [0.1, 0.15) is 37.8 Å². The maximum atomic E-state index is 13.3. The van der Waals surface area contributed by atoms with E-state index in [1.807, 2.05) is 43.0 Å². The van der Waals surface area contributed by atoms with Crippen molar-refractivity contribution in [2.45, 2.75) is 51.9 Å². The predicted octanol–water partition coefficient (Wildman–Crippen LogP) is 4.42. The Bertz CT molecular complexity index is 808. The molecule has 1 heterocycles. The highest BCUT2D eigenvalue weighted by Crippen LogP contribution is 2.18. The molecule has 2 aromatic rings. The Morgan fingerprint density at radius 1 is 1.17 bits per heavy atom. The number of ether oxygens (including phenoxy) is 1. The molecule has 0 radical (unpaired) electrons. The molecule has 2 aromatic carbocycles. The van der Waals surface area contributed by atoms with Crippen LogP contribution in [0.5, 0.6) is 5.75 Å². The van der Waals surface area contributed by atoms with Crippen molar-refractivity contribution < 1.29 is 13.9 Å². The quantitative estimate of drug-likeness (QED) is 0.697. The third-order valence-corrected chi connectivity index (χ3v) is 5.42. The minimum Gasteiger partial charge on any atom is -0.491 e. The number of likely N-dealkylation sites (N-methyl/N-ethyl adjacent to an activating group) is 1. The summed E-state index contributed by atoms with van der Waals surface area (Å²) in [4.78, 5) is 17.1. The normalized spacial score (nSPS) is 16.6. The number of likely N-dealkylation sites (tertiary alicyclic amines) is 1. The zero-order valence-corrected chi connectivity index (χ0v) is 18.1. The number of nitrogens with one attached hydrogen (secondary N) is 1. The second-order valence-corrected chi connectivity index (χ2v) is 8.25. The lowest BCUT2D eigenvalue weighted by Gasteiger charge is -2.29. The van der Waals surface area contributed by atoms with Crippen molar-refractivity contribution in [3.63, 3.8) is 0 Å². The molecule has 162 valence electrons. The van der Waals surface area contributed by atoms with E-state index in [0.717, 1.165) is 36.3 Å². The van der Waals surface area contributed by atoms with Gasteiger partial charge in [0, 0.05) is 25.7 Å². The van der Waals surface area contributed by atoms with Crippen LogP contribution in [0.2, 0.25) is 0 Å². The second kappa shape index (κ2) is 10.4. The predicted molar refractivity (Wildman–Crippen MR) is 117 cm³/mol. The number of carbonyl (C=O) groups is 1. The van der Waals surface area contributed by atoms with Crippen molar-refractivity contribution in [3.05, 3.63) is 65.5 Å². The zero-order valence-electron chi connectivity index (χ0n) is 18.1. The molecule has 6 heteroatoms. The fourth-order valence-electron chi connectivity index (χ4n) is 3.74. The van der Waals surface area contributed by atoms with Crippen molar-refractivity contribution in [2.75, 3.05) is 20.1 Å². The topological polar surface area (TPSA) is 44.8 Å². The SMILES string of the molecule is CC(C)Oc1ccc(CNC(=O)N(Cc2ccc(F)cc2)C[C@@H]2CCCN2C)cc1. The number of hydrogen-bond donors (Lipinski definition) is 1. The number of rotatable bonds is 8. The molecule has 1 atom stereocenters. The molecular formula is C24H32FN3O2. The molecule has 3 rings (SSSR count). The first-order valence-electron chi connectivity index (χ1n) is 10.6. The highest BCUT2D eigenvalue weighted by molar-refractivity contribution is 5.74. The fourth-order valence-corrected chi connectivity index (χ4v) is 3.74. The standard InChI is InChI=1S/C24H32FN3O2/c1-18(2)30-23-12-8-19(9-13-23)15-26-24(29)28(17-22-5-4-14-27(22)3)16-20-6-10-21(25)11-7-20/h6-13,18,22H,4-5,14-17H2,1-3H3,(H,26,29)/t22-/m0/s1. The summed E-state index contributed by atoms with van der Waals surface area (Å²) in [5.74, 6) is 0.553. The van der Waals surface area contributed by atoms with Crippen LogP contribution in [-0.2, 0) is 13.1 Å². The van der Waals surface area contributed by atoms with Gasteiger partial charge in [0.25, 0.3) is 0 Å². The minimum atomic E-state index is -0.268. The van der Waals surface area contributed by atoms with Crippen molar-refractivity contribution >= 4 is 6.03 Å². The van der Waals surface area contributed by atoms with Crippen molar-refractivity contribution in [2.24, 2.45) is 0 Å². The van der Waals surface area contributed by atoms with E-state index in [2.05, 4.69) is 17.3 Å². The molecular weight excluding hydrogens is 381 g/mol. The molecule has 0 bridgehead atoms. The van der Waals surface area contributed by atoms with Gasteiger partial charge in [0.2, 0.25) is 0 Å². The van der Waals surface area contributed by atoms with E-state index >= 15 is 0 Å². The van der Waals surface area contributed by atoms with Crippen molar-refractivity contribution in [1.29, 1.82) is 0 Å². The molecule has 0 unspecified atom stereocenters. The van der Waals surface area contributed by atoms with E-state index in [1.165, 1.54) is 12.1 Å². The van der Waals surface area contributed by atoms with Crippen molar-refractivity contribution in [3.8, 4) is 5.75 Å². The van der Waals surface area contributed by atoms with Crippen molar-refractivity contribution in [1.82, 2.24) is 15.1 Å². The van der Waals surface area contributed by atoms with E-state index in [4.69, 9.17) is 4.74 Å². The van der Waals surface area contributed by atoms with E-state index in [0.29, 0.717) is 25.7 Å². The smallest absolute Gasteiger partial charge is 0.318 e. The highest BCUT2D eigenvalue weighted by atomic mass is 19.1. The zero-order chi connectivity index (χ0) is 21.5. The largest absolute Gasteiger partial charge is 0.491 e. The number of hydrogen-bond acceptors (Lipinski definition) is 3. The van der Waals surface area contributed by atoms with Gasteiger partial charge < -0.3 is 19.9 Å². The van der Waals surface area contributed by atoms with Gasteiger partial charge >= 0.3 is 6.03 Å². The van der Waals surface area contributed by atoms with Gasteiger partial charge in [-0.1, -0.05) is 24.3 Å². The first-order chi connectivity index (χ1) is 14.4. The Balaban J connectivity index is 1.62. The lowest BCUT2D eigenvalue weighted by atomic mass is 10.1. The maximum Gasteiger partial charge on any atom is 0.318 e. The number of nitrogens with zero attached hydrogens (tertiary/aromatic N) is 2. The molecule has 1 saturated heterocycles. The third-order valence-electron chi connectivity index (χ3n) is 5.42. The summed E-state index contributed by atoms with van der Waals surface area (Å²) in [5.41, 5.74) is 1.93. The fraction of sp³-hybridized carbons (Fsp3) is 0.458. The van der Waals surface area contributed by atoms with Gasteiger partial charge in [-0.05, 0) is 75.7 Å². The summed E-state index contributed by atoms with van der Waals surface area (Å²) < 4.78 is 18.9. The van der Waals surface area contributed by atoms with Gasteiger partial charge in [0.05, 0.1) is 6.10 Å². The van der Waals surface area contributed by atoms with E-state index < -0.39 is 0 Å². The first kappa shape index (κ1) is 22.1. The average Bonchev–Trinajstić information content (AvgIpc) is 3.12. The number of carbonyl (C=O) groups excluding carboxylic acids is 1. The summed E-state index contributed by atoms with van der Waals surface area (Å²) in [7, 11) is 2.10. The van der Waals surface area contributed by atoms with Gasteiger partial charge in [-0.25, -0.2) is 9.18 Å². The second-order valence-electron chi connectivity index (χ2n) is 8.25. The summed E-state index contributed by atoms with van der Waals surface area (Å²) in [6, 6.07) is 14.4. The number of urea groups is 1. The van der Waals surface area contributed by atoms with Crippen LogP contribution in [0.3, 0.4) is 0 Å². The Morgan fingerprint density at radius 3 is 2.43 bits per heavy atom. The van der Waals surface area contributed by atoms with E-state index in [9.17, 15) is 9.18 Å². The highest BCUT2D eigenvalue weighted by Gasteiger charge is 2.25. The van der Waals surface area contributed by atoms with Gasteiger partial charge in [0.15, 0.2) is 0 Å². The minimum absolute atomic E-state index is 0.109. The van der Waals surface area contributed by atoms with Crippen LogP contribution in [0.15, 0.2) is 48.5 Å². The molecule has 30 heavy (non-hydrogen) atoms. The van der Waals surface area contributed by atoms with Crippen LogP contribution in [0.25, 0.3) is 0 Å². The monoisotopic (exact) mass is 413 g/mol. The van der Waals surface area contributed by atoms with Gasteiger partial charge in [0.1, 0.15) is 11.6 Å². The lowest BCUT2D eigenvalue weighted by Crippen LogP contribution is -2.45. The third kappa shape index (κ3) is 6.46. The van der Waals surface area contributed by atoms with Crippen LogP contribution < -0.4 is 10.1 Å². The summed E-state index contributed by atoms with van der Waals surface area (Å²) in [5, 5.41) is 3.03. The average molecular weight is 414 g/mol. The van der Waals surface area contributed by atoms with Crippen LogP contribution in [0.4, 0.5) is 9.18 Å². The Morgan fingerprint density at radius 2 is 1.83 bits per heavy atom. The van der Waals surface area contributed by atoms with Crippen LogP contribution >= 0.6 is 0 Å². The Labute approximate surface area is 178 Å². The molecule has 0 aliphatic carbocycles. The van der Waals surface area contributed by atoms with Gasteiger partial charge in [-0.2, -0.15) is 0 Å². The number of amides is 2. The molecule has 5 nitrogen and oxygen atoms in total. The molecule has 0 spiro atoms. The number of halogens is 1. The maximum absolute atomic E-state index is 13.3. The van der Waals surface area contributed by atoms with Gasteiger partial charge in [-0.3, -0.25) is 0 Å². The summed E-state index contributed by atoms with van der Waals surface area (Å²) >= 11 is 0. The molecule has 1 aliphatic heterocycles. The first-order valence-corrected chi connectivity index (χ1v) is 10.6. The summed E-state index contributed by atoms with van der Waals surface area (Å²) in [6.07, 6.45) is 2.36. The molecule has 1 aliphatic rings. The lowest BCUT2D eigenvalue weighted by molar-refractivity contribution is 0.172. The molecule has 0 saturated carbocycles. The molecule has 0 aromatic heterocycles. The van der Waals surface area contributed by atoms with Crippen LogP contribution in [0, 0.1) is 5.82 Å². The van der Waals surface area contributed by atoms with E-state index in [-0.39, 0.29) is 18.0 Å². The number of benzene rings is 2. The Hall–Kier alpha value is -2.60. The molecule has 1 fully saturated rings. The molecule has 2 amide bonds.